The summed E-state index contributed by atoms with van der Waals surface area (Å²) in [5, 5.41) is 2.45. The summed E-state index contributed by atoms with van der Waals surface area (Å²) in [6, 6.07) is 6.12. The Morgan fingerprint density at radius 1 is 1.18 bits per heavy atom. The van der Waals surface area contributed by atoms with E-state index in [1.807, 2.05) is 13.0 Å². The standard InChI is InChI=1S/C27H24F4N4O3/c1-3-35-24-20(17-7-8-38-13-21(17)26(35)37)9-15(11-33-24)19-10-16(12-32-14(19)2)34-25(36)18-5-4-6-22(23(18)28)27(29,30)31/h4-6,9-12,17,21H,3,7-8,13H2,1-2H3,(H,34,36)/t17-,21+/m0/s1. The van der Waals surface area contributed by atoms with Crippen LogP contribution in [-0.2, 0) is 15.7 Å². The molecule has 198 valence electrons. The van der Waals surface area contributed by atoms with Crippen LogP contribution in [0.4, 0.5) is 29.1 Å². The smallest absolute Gasteiger partial charge is 0.381 e. The maximum absolute atomic E-state index is 14.5. The highest BCUT2D eigenvalue weighted by atomic mass is 19.4. The zero-order valence-electron chi connectivity index (χ0n) is 20.6. The monoisotopic (exact) mass is 528 g/mol. The normalized spacial score (nSPS) is 19.1. The van der Waals surface area contributed by atoms with Crippen LogP contribution in [0.2, 0.25) is 0 Å². The number of ether oxygens (including phenoxy) is 1. The fraction of sp³-hybridized carbons (Fsp3) is 0.333. The number of hydrogen-bond donors (Lipinski definition) is 1. The molecule has 2 aromatic heterocycles. The summed E-state index contributed by atoms with van der Waals surface area (Å²) in [7, 11) is 0. The molecule has 11 heteroatoms. The SMILES string of the molecule is CCN1C(=O)[C@@H]2COCC[C@H]2c2cc(-c3cc(NC(=O)c4cccc(C(F)(F)F)c4F)cnc3C)cnc21. The molecule has 2 aliphatic heterocycles. The molecule has 0 saturated carbocycles. The third-order valence-electron chi connectivity index (χ3n) is 7.01. The summed E-state index contributed by atoms with van der Waals surface area (Å²) in [4.78, 5) is 36.3. The Morgan fingerprint density at radius 3 is 2.71 bits per heavy atom. The minimum Gasteiger partial charge on any atom is -0.381 e. The number of nitrogens with zero attached hydrogens (tertiary/aromatic N) is 3. The lowest BCUT2D eigenvalue weighted by Crippen LogP contribution is -2.47. The van der Waals surface area contributed by atoms with Crippen LogP contribution in [0.1, 0.15) is 46.4 Å². The third-order valence-corrected chi connectivity index (χ3v) is 7.01. The summed E-state index contributed by atoms with van der Waals surface area (Å²) in [5.41, 5.74) is 0.817. The first-order chi connectivity index (χ1) is 18.1. The Kier molecular flexibility index (Phi) is 6.64. The number of aromatic nitrogens is 2. The minimum absolute atomic E-state index is 0.00525. The number of hydrogen-bond acceptors (Lipinski definition) is 5. The third kappa shape index (κ3) is 4.51. The molecular weight excluding hydrogens is 504 g/mol. The first-order valence-electron chi connectivity index (χ1n) is 12.1. The van der Waals surface area contributed by atoms with Gasteiger partial charge in [0, 0.05) is 42.1 Å². The van der Waals surface area contributed by atoms with Crippen molar-refractivity contribution in [1.29, 1.82) is 0 Å². The number of carbonyl (C=O) groups excluding carboxylic acids is 2. The number of pyridine rings is 2. The predicted octanol–water partition coefficient (Wildman–Crippen LogP) is 5.35. The van der Waals surface area contributed by atoms with Crippen molar-refractivity contribution in [3.8, 4) is 11.1 Å². The van der Waals surface area contributed by atoms with Gasteiger partial charge in [-0.1, -0.05) is 6.07 Å². The molecule has 2 aliphatic rings. The second-order valence-corrected chi connectivity index (χ2v) is 9.27. The van der Waals surface area contributed by atoms with Crippen LogP contribution in [0, 0.1) is 18.7 Å². The highest BCUT2D eigenvalue weighted by Gasteiger charge is 2.42. The number of amides is 2. The van der Waals surface area contributed by atoms with Gasteiger partial charge < -0.3 is 10.1 Å². The van der Waals surface area contributed by atoms with E-state index in [4.69, 9.17) is 4.74 Å². The molecule has 0 spiro atoms. The molecule has 7 nitrogen and oxygen atoms in total. The van der Waals surface area contributed by atoms with Gasteiger partial charge in [-0.25, -0.2) is 9.37 Å². The van der Waals surface area contributed by atoms with E-state index in [9.17, 15) is 27.2 Å². The van der Waals surface area contributed by atoms with E-state index in [1.165, 1.54) is 6.20 Å². The number of carbonyl (C=O) groups is 2. The molecule has 4 heterocycles. The maximum Gasteiger partial charge on any atom is 0.419 e. The largest absolute Gasteiger partial charge is 0.419 e. The van der Waals surface area contributed by atoms with Crippen LogP contribution in [0.25, 0.3) is 11.1 Å². The second kappa shape index (κ2) is 9.79. The Balaban J connectivity index is 1.48. The fourth-order valence-electron chi connectivity index (χ4n) is 5.10. The number of alkyl halides is 3. The van der Waals surface area contributed by atoms with Gasteiger partial charge in [0.1, 0.15) is 11.6 Å². The van der Waals surface area contributed by atoms with E-state index in [0.717, 1.165) is 17.7 Å². The minimum atomic E-state index is -4.93. The summed E-state index contributed by atoms with van der Waals surface area (Å²) in [5.74, 6) is -2.40. The topological polar surface area (TPSA) is 84.4 Å². The van der Waals surface area contributed by atoms with Gasteiger partial charge in [0.15, 0.2) is 0 Å². The van der Waals surface area contributed by atoms with Crippen molar-refractivity contribution < 1.29 is 31.9 Å². The summed E-state index contributed by atoms with van der Waals surface area (Å²) < 4.78 is 59.3. The lowest BCUT2D eigenvalue weighted by molar-refractivity contribution is -0.140. The molecular formula is C27H24F4N4O3. The summed E-state index contributed by atoms with van der Waals surface area (Å²) in [6.45, 7) is 5.01. The average molecular weight is 529 g/mol. The van der Waals surface area contributed by atoms with Crippen molar-refractivity contribution in [2.24, 2.45) is 5.92 Å². The van der Waals surface area contributed by atoms with Gasteiger partial charge in [0.2, 0.25) is 5.91 Å². The number of fused-ring (bicyclic) bond motifs is 3. The molecule has 1 fully saturated rings. The van der Waals surface area contributed by atoms with Crippen LogP contribution in [-0.4, -0.2) is 41.5 Å². The average Bonchev–Trinajstić information content (AvgIpc) is 2.89. The first kappa shape index (κ1) is 25.8. The van der Waals surface area contributed by atoms with Crippen molar-refractivity contribution >= 4 is 23.3 Å². The van der Waals surface area contributed by atoms with Crippen molar-refractivity contribution in [3.05, 3.63) is 70.9 Å². The summed E-state index contributed by atoms with van der Waals surface area (Å²) >= 11 is 0. The Hall–Kier alpha value is -3.86. The van der Waals surface area contributed by atoms with E-state index in [1.54, 1.807) is 24.1 Å². The molecule has 0 bridgehead atoms. The van der Waals surface area contributed by atoms with Gasteiger partial charge >= 0.3 is 6.18 Å². The molecule has 0 radical (unpaired) electrons. The van der Waals surface area contributed by atoms with E-state index in [2.05, 4.69) is 15.3 Å². The zero-order chi connectivity index (χ0) is 27.2. The Bertz CT molecular complexity index is 1430. The van der Waals surface area contributed by atoms with Crippen molar-refractivity contribution in [2.45, 2.75) is 32.4 Å². The van der Waals surface area contributed by atoms with Crippen molar-refractivity contribution in [1.82, 2.24) is 9.97 Å². The van der Waals surface area contributed by atoms with Gasteiger partial charge in [0.05, 0.1) is 35.5 Å². The van der Waals surface area contributed by atoms with E-state index >= 15 is 0 Å². The zero-order valence-corrected chi connectivity index (χ0v) is 20.6. The molecule has 0 unspecified atom stereocenters. The maximum atomic E-state index is 14.5. The lowest BCUT2D eigenvalue weighted by Gasteiger charge is -2.40. The lowest BCUT2D eigenvalue weighted by atomic mass is 9.78. The van der Waals surface area contributed by atoms with E-state index < -0.39 is 29.0 Å². The van der Waals surface area contributed by atoms with Crippen LogP contribution < -0.4 is 10.2 Å². The highest BCUT2D eigenvalue weighted by molar-refractivity contribution is 6.05. The number of rotatable bonds is 4. The van der Waals surface area contributed by atoms with Crippen molar-refractivity contribution in [2.75, 3.05) is 30.0 Å². The number of anilines is 2. The van der Waals surface area contributed by atoms with Crippen molar-refractivity contribution in [3.63, 3.8) is 0 Å². The van der Waals surface area contributed by atoms with E-state index in [-0.39, 0.29) is 23.4 Å². The number of nitrogens with one attached hydrogen (secondary N) is 1. The molecule has 2 amide bonds. The Morgan fingerprint density at radius 2 is 1.97 bits per heavy atom. The summed E-state index contributed by atoms with van der Waals surface area (Å²) in [6.07, 6.45) is -1.28. The second-order valence-electron chi connectivity index (χ2n) is 9.27. The van der Waals surface area contributed by atoms with Crippen LogP contribution in [0.5, 0.6) is 0 Å². The van der Waals surface area contributed by atoms with Crippen LogP contribution in [0.15, 0.2) is 42.7 Å². The quantitative estimate of drug-likeness (QED) is 0.462. The number of benzene rings is 1. The molecule has 3 aromatic rings. The molecule has 5 rings (SSSR count). The van der Waals surface area contributed by atoms with Crippen LogP contribution >= 0.6 is 0 Å². The van der Waals surface area contributed by atoms with Gasteiger partial charge in [-0.2, -0.15) is 13.2 Å². The molecule has 38 heavy (non-hydrogen) atoms. The first-order valence-corrected chi connectivity index (χ1v) is 12.1. The van der Waals surface area contributed by atoms with Gasteiger partial charge in [-0.05, 0) is 50.1 Å². The molecule has 2 atom stereocenters. The van der Waals surface area contributed by atoms with Crippen LogP contribution in [0.3, 0.4) is 0 Å². The molecule has 1 N–H and O–H groups in total. The Labute approximate surface area is 215 Å². The highest BCUT2D eigenvalue weighted by Crippen LogP contribution is 2.44. The van der Waals surface area contributed by atoms with Gasteiger partial charge in [-0.15, -0.1) is 0 Å². The van der Waals surface area contributed by atoms with Gasteiger partial charge in [-0.3, -0.25) is 19.5 Å². The molecule has 0 aliphatic carbocycles. The predicted molar refractivity (Wildman–Crippen MR) is 131 cm³/mol. The molecule has 1 aromatic carbocycles. The molecule has 1 saturated heterocycles. The number of aryl methyl sites for hydroxylation is 1. The number of halogens is 4. The van der Waals surface area contributed by atoms with E-state index in [0.29, 0.717) is 54.9 Å². The van der Waals surface area contributed by atoms with Gasteiger partial charge in [0.25, 0.3) is 5.91 Å². The fourth-order valence-corrected chi connectivity index (χ4v) is 5.10.